The van der Waals surface area contributed by atoms with Crippen molar-refractivity contribution in [2.45, 2.75) is 6.92 Å². The summed E-state index contributed by atoms with van der Waals surface area (Å²) in [6.45, 7) is 1.63. The van der Waals surface area contributed by atoms with Crippen molar-refractivity contribution < 1.29 is 13.9 Å². The molecule has 5 nitrogen and oxygen atoms in total. The molecule has 0 radical (unpaired) electrons. The van der Waals surface area contributed by atoms with Gasteiger partial charge in [-0.15, -0.1) is 0 Å². The Labute approximate surface area is 156 Å². The minimum absolute atomic E-state index is 0.200. The van der Waals surface area contributed by atoms with Gasteiger partial charge in [0.2, 0.25) is 0 Å². The largest absolute Gasteiger partial charge is 0.484 e. The van der Waals surface area contributed by atoms with E-state index < -0.39 is 5.63 Å². The van der Waals surface area contributed by atoms with Gasteiger partial charge in [0.1, 0.15) is 11.3 Å². The lowest BCUT2D eigenvalue weighted by molar-refractivity contribution is -0.118. The fourth-order valence-corrected chi connectivity index (χ4v) is 3.04. The van der Waals surface area contributed by atoms with E-state index in [4.69, 9.17) is 20.8 Å². The molecule has 2 aromatic carbocycles. The van der Waals surface area contributed by atoms with Crippen molar-refractivity contribution in [2.24, 2.45) is 0 Å². The molecule has 1 N–H and O–H groups in total. The number of fused-ring (bicyclic) bond motifs is 1. The van der Waals surface area contributed by atoms with Crippen LogP contribution in [-0.2, 0) is 4.79 Å². The zero-order chi connectivity index (χ0) is 18.0. The summed E-state index contributed by atoms with van der Waals surface area (Å²) < 4.78 is 11.4. The normalized spacial score (nSPS) is 10.7. The summed E-state index contributed by atoms with van der Waals surface area (Å²) in [5.41, 5.74) is 1.31. The van der Waals surface area contributed by atoms with E-state index in [1.807, 2.05) is 6.92 Å². The van der Waals surface area contributed by atoms with Crippen molar-refractivity contribution in [2.75, 3.05) is 11.9 Å². The lowest BCUT2D eigenvalue weighted by Gasteiger charge is -2.09. The fraction of sp³-hybridized carbons (Fsp3) is 0.111. The van der Waals surface area contributed by atoms with Crippen LogP contribution in [0.5, 0.6) is 5.75 Å². The van der Waals surface area contributed by atoms with Crippen LogP contribution in [0.1, 0.15) is 5.56 Å². The van der Waals surface area contributed by atoms with Gasteiger partial charge >= 0.3 is 5.63 Å². The van der Waals surface area contributed by atoms with E-state index in [0.717, 1.165) is 15.4 Å². The average Bonchev–Trinajstić information content (AvgIpc) is 2.55. The van der Waals surface area contributed by atoms with Gasteiger partial charge in [-0.1, -0.05) is 27.5 Å². The number of hydrogen-bond donors (Lipinski definition) is 1. The molecule has 0 saturated carbocycles. The maximum absolute atomic E-state index is 12.0. The van der Waals surface area contributed by atoms with E-state index in [1.165, 1.54) is 6.07 Å². The van der Waals surface area contributed by atoms with Gasteiger partial charge in [0.05, 0.1) is 10.7 Å². The smallest absolute Gasteiger partial charge is 0.336 e. The zero-order valence-electron chi connectivity index (χ0n) is 13.1. The van der Waals surface area contributed by atoms with Crippen LogP contribution in [-0.4, -0.2) is 12.5 Å². The number of rotatable bonds is 4. The van der Waals surface area contributed by atoms with Gasteiger partial charge in [0.25, 0.3) is 5.91 Å². The molecule has 1 aromatic heterocycles. The second-order valence-electron chi connectivity index (χ2n) is 5.37. The molecule has 3 rings (SSSR count). The standard InChI is InChI=1S/C18H13BrClNO4/c1-10-6-18(23)25-16-8-12(3-4-13(10)16)24-9-17(22)21-15-5-2-11(19)7-14(15)20/h2-8H,9H2,1H3,(H,21,22). The second-order valence-corrected chi connectivity index (χ2v) is 6.69. The van der Waals surface area contributed by atoms with Gasteiger partial charge in [-0.25, -0.2) is 4.79 Å². The van der Waals surface area contributed by atoms with E-state index in [-0.39, 0.29) is 12.5 Å². The van der Waals surface area contributed by atoms with Crippen LogP contribution < -0.4 is 15.7 Å². The molecule has 3 aromatic rings. The minimum Gasteiger partial charge on any atom is -0.484 e. The summed E-state index contributed by atoms with van der Waals surface area (Å²) in [4.78, 5) is 23.5. The first-order valence-corrected chi connectivity index (χ1v) is 8.52. The first-order chi connectivity index (χ1) is 11.9. The van der Waals surface area contributed by atoms with Crippen LogP contribution in [0.3, 0.4) is 0 Å². The Hall–Kier alpha value is -2.31. The van der Waals surface area contributed by atoms with Crippen molar-refractivity contribution in [1.82, 2.24) is 0 Å². The summed E-state index contributed by atoms with van der Waals surface area (Å²) in [6, 6.07) is 11.7. The Morgan fingerprint density at radius 1 is 1.24 bits per heavy atom. The highest BCUT2D eigenvalue weighted by atomic mass is 79.9. The Kier molecular flexibility index (Phi) is 5.11. The lowest BCUT2D eigenvalue weighted by atomic mass is 10.1. The number of carbonyl (C=O) groups is 1. The van der Waals surface area contributed by atoms with E-state index >= 15 is 0 Å². The van der Waals surface area contributed by atoms with Crippen LogP contribution >= 0.6 is 27.5 Å². The third-order valence-corrected chi connectivity index (χ3v) is 4.30. The predicted molar refractivity (Wildman–Crippen MR) is 100 cm³/mol. The Morgan fingerprint density at radius 3 is 2.80 bits per heavy atom. The zero-order valence-corrected chi connectivity index (χ0v) is 15.5. The summed E-state index contributed by atoms with van der Waals surface area (Å²) in [7, 11) is 0. The highest BCUT2D eigenvalue weighted by Gasteiger charge is 2.09. The molecule has 0 aliphatic carbocycles. The number of benzene rings is 2. The Balaban J connectivity index is 1.69. The molecular formula is C18H13BrClNO4. The summed E-state index contributed by atoms with van der Waals surface area (Å²) in [5.74, 6) is 0.0771. The van der Waals surface area contributed by atoms with Crippen LogP contribution in [0.2, 0.25) is 5.02 Å². The molecule has 128 valence electrons. The number of amides is 1. The van der Waals surface area contributed by atoms with Gasteiger partial charge in [-0.2, -0.15) is 0 Å². The maximum atomic E-state index is 12.0. The summed E-state index contributed by atoms with van der Waals surface area (Å²) in [6.07, 6.45) is 0. The molecule has 0 fully saturated rings. The van der Waals surface area contributed by atoms with Crippen molar-refractivity contribution in [3.05, 3.63) is 67.9 Å². The monoisotopic (exact) mass is 421 g/mol. The van der Waals surface area contributed by atoms with Crippen molar-refractivity contribution in [3.63, 3.8) is 0 Å². The SMILES string of the molecule is Cc1cc(=O)oc2cc(OCC(=O)Nc3ccc(Br)cc3Cl)ccc12. The van der Waals surface area contributed by atoms with Crippen molar-refractivity contribution >= 4 is 50.1 Å². The van der Waals surface area contributed by atoms with E-state index in [1.54, 1.807) is 36.4 Å². The molecule has 0 spiro atoms. The lowest BCUT2D eigenvalue weighted by Crippen LogP contribution is -2.20. The topological polar surface area (TPSA) is 68.5 Å². The molecule has 7 heteroatoms. The Morgan fingerprint density at radius 2 is 2.04 bits per heavy atom. The number of anilines is 1. The number of ether oxygens (including phenoxy) is 1. The molecule has 25 heavy (non-hydrogen) atoms. The van der Waals surface area contributed by atoms with E-state index in [9.17, 15) is 9.59 Å². The van der Waals surface area contributed by atoms with Gasteiger partial charge in [0.15, 0.2) is 6.61 Å². The predicted octanol–water partition coefficient (Wildman–Crippen LogP) is 4.53. The van der Waals surface area contributed by atoms with Gasteiger partial charge < -0.3 is 14.5 Å². The summed E-state index contributed by atoms with van der Waals surface area (Å²) in [5, 5.41) is 3.91. The molecular weight excluding hydrogens is 410 g/mol. The van der Waals surface area contributed by atoms with Crippen LogP contribution in [0, 0.1) is 6.92 Å². The molecule has 0 aliphatic rings. The molecule has 0 bridgehead atoms. The molecule has 0 aliphatic heterocycles. The first kappa shape index (κ1) is 17.5. The summed E-state index contributed by atoms with van der Waals surface area (Å²) >= 11 is 9.36. The molecule has 1 heterocycles. The molecule has 0 atom stereocenters. The quantitative estimate of drug-likeness (QED) is 0.627. The van der Waals surface area contributed by atoms with Crippen LogP contribution in [0.4, 0.5) is 5.69 Å². The van der Waals surface area contributed by atoms with E-state index in [2.05, 4.69) is 21.2 Å². The highest BCUT2D eigenvalue weighted by Crippen LogP contribution is 2.26. The third-order valence-electron chi connectivity index (χ3n) is 3.50. The molecule has 1 amide bonds. The van der Waals surface area contributed by atoms with Crippen LogP contribution in [0.25, 0.3) is 11.0 Å². The Bertz CT molecular complexity index is 1020. The highest BCUT2D eigenvalue weighted by molar-refractivity contribution is 9.10. The van der Waals surface area contributed by atoms with Gasteiger partial charge in [-0.05, 0) is 42.8 Å². The van der Waals surface area contributed by atoms with E-state index in [0.29, 0.717) is 22.0 Å². The van der Waals surface area contributed by atoms with Crippen molar-refractivity contribution in [1.29, 1.82) is 0 Å². The average molecular weight is 423 g/mol. The molecule has 0 saturated heterocycles. The minimum atomic E-state index is -0.426. The number of carbonyl (C=O) groups excluding carboxylic acids is 1. The van der Waals surface area contributed by atoms with Crippen LogP contribution in [0.15, 0.2) is 56.1 Å². The van der Waals surface area contributed by atoms with Gasteiger partial charge in [0, 0.05) is 22.0 Å². The number of hydrogen-bond acceptors (Lipinski definition) is 4. The number of nitrogens with one attached hydrogen (secondary N) is 1. The number of aryl methyl sites for hydroxylation is 1. The molecule has 0 unspecified atom stereocenters. The maximum Gasteiger partial charge on any atom is 0.336 e. The number of halogens is 2. The second kappa shape index (κ2) is 7.29. The van der Waals surface area contributed by atoms with Crippen molar-refractivity contribution in [3.8, 4) is 5.75 Å². The third kappa shape index (κ3) is 4.21. The first-order valence-electron chi connectivity index (χ1n) is 7.34. The van der Waals surface area contributed by atoms with Gasteiger partial charge in [-0.3, -0.25) is 4.79 Å². The fourth-order valence-electron chi connectivity index (χ4n) is 2.32.